The van der Waals surface area contributed by atoms with Gasteiger partial charge in [0.05, 0.1) is 23.6 Å². The Morgan fingerprint density at radius 3 is 2.08 bits per heavy atom. The number of hydrogen-bond acceptors (Lipinski definition) is 3. The van der Waals surface area contributed by atoms with Crippen LogP contribution < -0.4 is 5.32 Å². The maximum Gasteiger partial charge on any atom is 0.123 e. The first kappa shape index (κ1) is 23.8. The number of aromatic amines is 1. The second-order valence-corrected chi connectivity index (χ2v) is 11.8. The van der Waals surface area contributed by atoms with E-state index in [1.807, 2.05) is 6.20 Å². The number of rotatable bonds is 5. The van der Waals surface area contributed by atoms with Crippen molar-refractivity contribution < 1.29 is 0 Å². The molecule has 1 aliphatic carbocycles. The molecule has 40 heavy (non-hydrogen) atoms. The van der Waals surface area contributed by atoms with Crippen LogP contribution in [0.5, 0.6) is 0 Å². The lowest BCUT2D eigenvalue weighted by atomic mass is 9.94. The summed E-state index contributed by atoms with van der Waals surface area (Å²) in [6.45, 7) is 1.08. The van der Waals surface area contributed by atoms with Gasteiger partial charge in [-0.1, -0.05) is 67.4 Å². The van der Waals surface area contributed by atoms with Crippen LogP contribution in [0.25, 0.3) is 44.3 Å². The van der Waals surface area contributed by atoms with Gasteiger partial charge in [0.2, 0.25) is 0 Å². The Balaban J connectivity index is 1.01. The van der Waals surface area contributed by atoms with Crippen molar-refractivity contribution in [2.24, 2.45) is 10.9 Å². The van der Waals surface area contributed by atoms with Crippen LogP contribution in [-0.4, -0.2) is 22.2 Å². The fourth-order valence-electron chi connectivity index (χ4n) is 6.93. The Labute approximate surface area is 235 Å². The molecule has 5 aromatic rings. The molecule has 0 unspecified atom stereocenters. The molecular formula is C36H34N4. The van der Waals surface area contributed by atoms with Crippen LogP contribution in [-0.2, 0) is 6.42 Å². The Hall–Kier alpha value is -4.02. The third-order valence-corrected chi connectivity index (χ3v) is 9.23. The van der Waals surface area contributed by atoms with Crippen molar-refractivity contribution in [2.75, 3.05) is 6.54 Å². The standard InChI is InChI=1S/C36H34N4/c1-2-5-24(4-1)34-21-31-20-30(15-16-32(31)39-34)29-14-13-27-18-26(11-12-28(27)19-29)23-7-9-25(10-8-23)35-22-38-36(40-35)33-6-3-17-37-33/h7-16,18-20,22,24,33,37H,1-6,17,21H2,(H,38,40)/t33-/m0/s1. The maximum atomic E-state index is 5.01. The third-order valence-electron chi connectivity index (χ3n) is 9.23. The fraction of sp³-hybridized carbons (Fsp3) is 0.278. The minimum Gasteiger partial charge on any atom is -0.341 e. The largest absolute Gasteiger partial charge is 0.341 e. The number of hydrogen-bond donors (Lipinski definition) is 2. The van der Waals surface area contributed by atoms with E-state index in [1.54, 1.807) is 0 Å². The third kappa shape index (κ3) is 4.37. The van der Waals surface area contributed by atoms with Crippen molar-refractivity contribution in [1.29, 1.82) is 0 Å². The van der Waals surface area contributed by atoms with E-state index in [2.05, 4.69) is 94.1 Å². The van der Waals surface area contributed by atoms with Gasteiger partial charge >= 0.3 is 0 Å². The normalized spacial score (nSPS) is 18.9. The summed E-state index contributed by atoms with van der Waals surface area (Å²) in [5.41, 5.74) is 11.3. The van der Waals surface area contributed by atoms with Gasteiger partial charge in [0.25, 0.3) is 0 Å². The zero-order valence-corrected chi connectivity index (χ0v) is 22.8. The molecule has 8 rings (SSSR count). The summed E-state index contributed by atoms with van der Waals surface area (Å²) in [5.74, 6) is 1.76. The van der Waals surface area contributed by atoms with Crippen molar-refractivity contribution >= 4 is 22.2 Å². The minimum atomic E-state index is 0.359. The first-order valence-corrected chi connectivity index (χ1v) is 14.9. The van der Waals surface area contributed by atoms with E-state index in [1.165, 1.54) is 87.7 Å². The highest BCUT2D eigenvalue weighted by Gasteiger charge is 2.25. The number of nitrogens with zero attached hydrogens (tertiary/aromatic N) is 2. The van der Waals surface area contributed by atoms with Gasteiger partial charge in [-0.05, 0) is 107 Å². The van der Waals surface area contributed by atoms with Crippen LogP contribution in [0.4, 0.5) is 5.69 Å². The summed E-state index contributed by atoms with van der Waals surface area (Å²) in [6.07, 6.45) is 10.7. The quantitative estimate of drug-likeness (QED) is 0.242. The minimum absolute atomic E-state index is 0.359. The number of nitrogens with one attached hydrogen (secondary N) is 2. The first-order chi connectivity index (χ1) is 19.8. The van der Waals surface area contributed by atoms with Gasteiger partial charge in [-0.25, -0.2) is 4.98 Å². The molecule has 0 bridgehead atoms. The van der Waals surface area contributed by atoms with E-state index in [0.29, 0.717) is 12.0 Å². The Bertz CT molecular complexity index is 1730. The van der Waals surface area contributed by atoms with E-state index >= 15 is 0 Å². The second kappa shape index (κ2) is 9.87. The summed E-state index contributed by atoms with van der Waals surface area (Å²) in [4.78, 5) is 13.2. The number of fused-ring (bicyclic) bond motifs is 2. The lowest BCUT2D eigenvalue weighted by Gasteiger charge is -2.09. The van der Waals surface area contributed by atoms with Gasteiger partial charge in [0.15, 0.2) is 0 Å². The summed E-state index contributed by atoms with van der Waals surface area (Å²) in [6, 6.07) is 29.7. The summed E-state index contributed by atoms with van der Waals surface area (Å²) >= 11 is 0. The highest BCUT2D eigenvalue weighted by atomic mass is 15.0. The molecule has 198 valence electrons. The van der Waals surface area contributed by atoms with Gasteiger partial charge in [-0.15, -0.1) is 0 Å². The van der Waals surface area contributed by atoms with E-state index < -0.39 is 0 Å². The Morgan fingerprint density at radius 1 is 0.650 bits per heavy atom. The van der Waals surface area contributed by atoms with E-state index in [4.69, 9.17) is 4.99 Å². The molecule has 3 aliphatic rings. The van der Waals surface area contributed by atoms with E-state index in [-0.39, 0.29) is 0 Å². The predicted octanol–water partition coefficient (Wildman–Crippen LogP) is 8.81. The van der Waals surface area contributed by atoms with Crippen LogP contribution >= 0.6 is 0 Å². The molecule has 4 aromatic carbocycles. The van der Waals surface area contributed by atoms with Crippen molar-refractivity contribution in [3.63, 3.8) is 0 Å². The molecule has 0 radical (unpaired) electrons. The number of aromatic nitrogens is 2. The van der Waals surface area contributed by atoms with Crippen LogP contribution in [0.3, 0.4) is 0 Å². The predicted molar refractivity (Wildman–Crippen MR) is 165 cm³/mol. The monoisotopic (exact) mass is 522 g/mol. The molecule has 0 amide bonds. The molecule has 2 aliphatic heterocycles. The van der Waals surface area contributed by atoms with Crippen LogP contribution in [0, 0.1) is 5.92 Å². The smallest absolute Gasteiger partial charge is 0.123 e. The zero-order valence-electron chi connectivity index (χ0n) is 22.8. The Kier molecular flexibility index (Phi) is 5.88. The molecule has 1 saturated carbocycles. The first-order valence-electron chi connectivity index (χ1n) is 14.9. The zero-order chi connectivity index (χ0) is 26.5. The van der Waals surface area contributed by atoms with Crippen molar-refractivity contribution in [3.8, 4) is 33.5 Å². The van der Waals surface area contributed by atoms with Crippen LogP contribution in [0.1, 0.15) is 56.0 Å². The summed E-state index contributed by atoms with van der Waals surface area (Å²) in [7, 11) is 0. The molecule has 4 heteroatoms. The summed E-state index contributed by atoms with van der Waals surface area (Å²) < 4.78 is 0. The van der Waals surface area contributed by atoms with E-state index in [0.717, 1.165) is 30.9 Å². The molecular weight excluding hydrogens is 488 g/mol. The van der Waals surface area contributed by atoms with Gasteiger partial charge in [-0.2, -0.15) is 0 Å². The maximum absolute atomic E-state index is 5.01. The average Bonchev–Trinajstić information content (AvgIpc) is 3.82. The number of H-pyrrole nitrogens is 1. The molecule has 1 aromatic heterocycles. The summed E-state index contributed by atoms with van der Waals surface area (Å²) in [5, 5.41) is 6.05. The highest BCUT2D eigenvalue weighted by Crippen LogP contribution is 2.38. The molecule has 4 nitrogen and oxygen atoms in total. The second-order valence-electron chi connectivity index (χ2n) is 11.8. The average molecular weight is 523 g/mol. The van der Waals surface area contributed by atoms with Gasteiger partial charge in [0.1, 0.15) is 5.82 Å². The van der Waals surface area contributed by atoms with Gasteiger partial charge < -0.3 is 10.3 Å². The highest BCUT2D eigenvalue weighted by molar-refractivity contribution is 5.97. The molecule has 1 saturated heterocycles. The molecule has 3 heterocycles. The van der Waals surface area contributed by atoms with Crippen molar-refractivity contribution in [2.45, 2.75) is 51.0 Å². The number of benzene rings is 4. The lowest BCUT2D eigenvalue weighted by molar-refractivity contribution is 0.613. The molecule has 1 atom stereocenters. The molecule has 2 N–H and O–H groups in total. The van der Waals surface area contributed by atoms with E-state index in [9.17, 15) is 0 Å². The lowest BCUT2D eigenvalue weighted by Crippen LogP contribution is -2.14. The molecule has 2 fully saturated rings. The number of imidazole rings is 1. The van der Waals surface area contributed by atoms with Crippen molar-refractivity contribution in [3.05, 3.63) is 96.4 Å². The van der Waals surface area contributed by atoms with Crippen LogP contribution in [0.15, 0.2) is 90.1 Å². The van der Waals surface area contributed by atoms with Gasteiger partial charge in [0, 0.05) is 12.1 Å². The topological polar surface area (TPSA) is 53.1 Å². The van der Waals surface area contributed by atoms with Gasteiger partial charge in [-0.3, -0.25) is 4.99 Å². The van der Waals surface area contributed by atoms with Crippen molar-refractivity contribution in [1.82, 2.24) is 15.3 Å². The van der Waals surface area contributed by atoms with Crippen LogP contribution in [0.2, 0.25) is 0 Å². The Morgan fingerprint density at radius 2 is 1.32 bits per heavy atom. The molecule has 0 spiro atoms. The fourth-order valence-corrected chi connectivity index (χ4v) is 6.93. The number of aliphatic imine (C=N–C) groups is 1. The SMILES string of the molecule is c1cc(-c2cnc([C@@H]3CCCN3)[nH]2)ccc1-c1ccc2cc(-c3ccc4c(c3)CC(C3CCCC3)=N4)ccc2c1.